The van der Waals surface area contributed by atoms with Gasteiger partial charge < -0.3 is 10.6 Å². The van der Waals surface area contributed by atoms with Crippen molar-refractivity contribution in [2.24, 2.45) is 0 Å². The van der Waals surface area contributed by atoms with Gasteiger partial charge in [-0.1, -0.05) is 29.8 Å². The van der Waals surface area contributed by atoms with Crippen LogP contribution in [0.25, 0.3) is 0 Å². The average Bonchev–Trinajstić information content (AvgIpc) is 2.54. The molecule has 132 valence electrons. The number of hydrogen-bond donors (Lipinski definition) is 2. The molecule has 1 atom stereocenters. The van der Waals surface area contributed by atoms with Crippen LogP contribution in [-0.2, 0) is 11.0 Å². The topological polar surface area (TPSA) is 54.0 Å². The molecule has 2 aromatic rings. The number of benzene rings is 1. The number of carbonyl (C=O) groups is 1. The maximum atomic E-state index is 13.1. The fourth-order valence-corrected chi connectivity index (χ4v) is 2.49. The third kappa shape index (κ3) is 4.67. The van der Waals surface area contributed by atoms with E-state index in [1.807, 2.05) is 5.32 Å². The minimum absolute atomic E-state index is 0.122. The summed E-state index contributed by atoms with van der Waals surface area (Å²) in [7, 11) is 0. The lowest BCUT2D eigenvalue weighted by Crippen LogP contribution is -2.40. The summed E-state index contributed by atoms with van der Waals surface area (Å²) >= 11 is 10.9. The summed E-state index contributed by atoms with van der Waals surface area (Å²) in [6, 6.07) is 7.55. The predicted molar refractivity (Wildman–Crippen MR) is 92.3 cm³/mol. The number of nitrogens with zero attached hydrogens (tertiary/aromatic N) is 1. The van der Waals surface area contributed by atoms with Gasteiger partial charge >= 0.3 is 6.18 Å². The lowest BCUT2D eigenvalue weighted by molar-refractivity contribution is -0.137. The Labute approximate surface area is 156 Å². The van der Waals surface area contributed by atoms with E-state index in [0.717, 1.165) is 18.3 Å². The van der Waals surface area contributed by atoms with Gasteiger partial charge in [0.15, 0.2) is 5.11 Å². The molecule has 0 aliphatic heterocycles. The molecule has 1 amide bonds. The molecule has 0 aliphatic carbocycles. The molecule has 0 saturated carbocycles. The standard InChI is InChI=1S/C16H13ClF3N3OS/c1-21-15(25)23-14(24)13(10-4-2-3-5-11(10)17)12-8-9(6-7-22-12)16(18,19)20/h2-8,13H,1H3,(H2,21,23,24,25)/i1D3. The van der Waals surface area contributed by atoms with Crippen molar-refractivity contribution in [3.63, 3.8) is 0 Å². The van der Waals surface area contributed by atoms with Crippen molar-refractivity contribution in [1.82, 2.24) is 15.6 Å². The van der Waals surface area contributed by atoms with Gasteiger partial charge in [0.1, 0.15) is 5.92 Å². The van der Waals surface area contributed by atoms with Gasteiger partial charge in [-0.15, -0.1) is 0 Å². The molecule has 1 unspecified atom stereocenters. The van der Waals surface area contributed by atoms with E-state index in [9.17, 15) is 18.0 Å². The van der Waals surface area contributed by atoms with Gasteiger partial charge in [0.2, 0.25) is 5.91 Å². The first-order chi connectivity index (χ1) is 12.9. The minimum Gasteiger partial charge on any atom is -0.365 e. The highest BCUT2D eigenvalue weighted by molar-refractivity contribution is 7.80. The Morgan fingerprint density at radius 3 is 2.72 bits per heavy atom. The van der Waals surface area contributed by atoms with Crippen LogP contribution in [0, 0.1) is 0 Å². The van der Waals surface area contributed by atoms with Crippen LogP contribution in [0.4, 0.5) is 13.2 Å². The van der Waals surface area contributed by atoms with Gasteiger partial charge in [0, 0.05) is 22.3 Å². The maximum Gasteiger partial charge on any atom is 0.416 e. The number of alkyl halides is 3. The van der Waals surface area contributed by atoms with E-state index in [4.69, 9.17) is 27.9 Å². The number of nitrogens with one attached hydrogen (secondary N) is 2. The number of rotatable bonds is 3. The van der Waals surface area contributed by atoms with Crippen molar-refractivity contribution in [3.8, 4) is 0 Å². The van der Waals surface area contributed by atoms with Gasteiger partial charge in [-0.05, 0) is 36.0 Å². The summed E-state index contributed by atoms with van der Waals surface area (Å²) in [5.74, 6) is -2.24. The molecule has 0 fully saturated rings. The van der Waals surface area contributed by atoms with Crippen LogP contribution in [0.5, 0.6) is 0 Å². The second-order valence-electron chi connectivity index (χ2n) is 4.87. The molecule has 1 heterocycles. The first-order valence-corrected chi connectivity index (χ1v) is 7.57. The Morgan fingerprint density at radius 2 is 2.08 bits per heavy atom. The molecule has 25 heavy (non-hydrogen) atoms. The van der Waals surface area contributed by atoms with E-state index in [1.54, 1.807) is 12.1 Å². The molecular weight excluding hydrogens is 375 g/mol. The van der Waals surface area contributed by atoms with E-state index < -0.39 is 35.7 Å². The number of halogens is 4. The van der Waals surface area contributed by atoms with Crippen LogP contribution in [0.2, 0.25) is 5.02 Å². The number of thiocarbonyl (C=S) groups is 1. The molecule has 1 aromatic heterocycles. The first-order valence-electron chi connectivity index (χ1n) is 8.29. The van der Waals surface area contributed by atoms with E-state index in [-0.39, 0.29) is 16.3 Å². The SMILES string of the molecule is [2H]C([2H])([2H])NC(=S)NC(=O)C(c1cc(C(F)(F)F)ccn1)c1ccccc1Cl. The summed E-state index contributed by atoms with van der Waals surface area (Å²) in [5.41, 5.74) is -1.03. The molecule has 2 N–H and O–H groups in total. The van der Waals surface area contributed by atoms with E-state index in [2.05, 4.69) is 10.3 Å². The van der Waals surface area contributed by atoms with Crippen molar-refractivity contribution < 1.29 is 22.1 Å². The highest BCUT2D eigenvalue weighted by atomic mass is 35.5. The highest BCUT2D eigenvalue weighted by Gasteiger charge is 2.33. The second kappa shape index (κ2) is 7.79. The number of amides is 1. The molecule has 0 aliphatic rings. The van der Waals surface area contributed by atoms with Crippen LogP contribution in [0.1, 0.15) is 26.9 Å². The normalized spacial score (nSPS) is 14.6. The molecule has 0 spiro atoms. The Kier molecular flexibility index (Phi) is 4.71. The maximum absolute atomic E-state index is 13.1. The van der Waals surface area contributed by atoms with Gasteiger partial charge in [0.05, 0.1) is 11.3 Å². The lowest BCUT2D eigenvalue weighted by atomic mass is 9.93. The molecule has 4 nitrogen and oxygen atoms in total. The van der Waals surface area contributed by atoms with Crippen LogP contribution in [0.3, 0.4) is 0 Å². The molecular formula is C16H13ClF3N3OS. The molecule has 0 bridgehead atoms. The molecule has 0 radical (unpaired) electrons. The van der Waals surface area contributed by atoms with Crippen molar-refractivity contribution >= 4 is 34.8 Å². The van der Waals surface area contributed by atoms with Crippen molar-refractivity contribution in [2.45, 2.75) is 12.1 Å². The summed E-state index contributed by atoms with van der Waals surface area (Å²) in [5, 5.41) is 3.70. The largest absolute Gasteiger partial charge is 0.416 e. The number of aromatic nitrogens is 1. The van der Waals surface area contributed by atoms with Gasteiger partial charge in [-0.3, -0.25) is 9.78 Å². The third-order valence-corrected chi connectivity index (χ3v) is 3.78. The summed E-state index contributed by atoms with van der Waals surface area (Å²) in [6.45, 7) is -2.65. The fraction of sp³-hybridized carbons (Fsp3) is 0.188. The fourth-order valence-electron chi connectivity index (χ4n) is 2.14. The predicted octanol–water partition coefficient (Wildman–Crippen LogP) is 3.51. The zero-order valence-electron chi connectivity index (χ0n) is 15.4. The van der Waals surface area contributed by atoms with Crippen LogP contribution in [0.15, 0.2) is 42.6 Å². The van der Waals surface area contributed by atoms with Crippen molar-refractivity contribution in [1.29, 1.82) is 0 Å². The van der Waals surface area contributed by atoms with Crippen molar-refractivity contribution in [3.05, 3.63) is 64.4 Å². The summed E-state index contributed by atoms with van der Waals surface area (Å²) in [6.07, 6.45) is -3.72. The second-order valence-corrected chi connectivity index (χ2v) is 5.68. The van der Waals surface area contributed by atoms with E-state index >= 15 is 0 Å². The highest BCUT2D eigenvalue weighted by Crippen LogP contribution is 2.34. The number of hydrogen-bond acceptors (Lipinski definition) is 3. The van der Waals surface area contributed by atoms with E-state index in [0.29, 0.717) is 0 Å². The lowest BCUT2D eigenvalue weighted by Gasteiger charge is -2.19. The molecule has 1 aromatic carbocycles. The Balaban J connectivity index is 2.46. The van der Waals surface area contributed by atoms with Crippen LogP contribution in [-0.4, -0.2) is 23.0 Å². The molecule has 2 rings (SSSR count). The van der Waals surface area contributed by atoms with E-state index in [1.165, 1.54) is 12.1 Å². The van der Waals surface area contributed by atoms with Gasteiger partial charge in [0.25, 0.3) is 0 Å². The molecule has 9 heteroatoms. The summed E-state index contributed by atoms with van der Waals surface area (Å²) < 4.78 is 60.5. The molecule has 0 saturated heterocycles. The zero-order chi connectivity index (χ0) is 21.1. The van der Waals surface area contributed by atoms with Crippen molar-refractivity contribution in [2.75, 3.05) is 6.98 Å². The van der Waals surface area contributed by atoms with Crippen LogP contribution >= 0.6 is 23.8 Å². The third-order valence-electron chi connectivity index (χ3n) is 3.23. The zero-order valence-corrected chi connectivity index (χ0v) is 14.0. The monoisotopic (exact) mass is 390 g/mol. The summed E-state index contributed by atoms with van der Waals surface area (Å²) in [4.78, 5) is 16.6. The van der Waals surface area contributed by atoms with Gasteiger partial charge in [-0.25, -0.2) is 0 Å². The van der Waals surface area contributed by atoms with Gasteiger partial charge in [-0.2, -0.15) is 13.2 Å². The Morgan fingerprint density at radius 1 is 1.36 bits per heavy atom. The number of pyridine rings is 1. The Hall–Kier alpha value is -2.19. The quantitative estimate of drug-likeness (QED) is 0.787. The average molecular weight is 391 g/mol. The number of carbonyl (C=O) groups excluding carboxylic acids is 1. The first kappa shape index (κ1) is 15.1. The smallest absolute Gasteiger partial charge is 0.365 e. The Bertz CT molecular complexity index is 893. The van der Waals surface area contributed by atoms with Crippen LogP contribution < -0.4 is 10.6 Å². The minimum atomic E-state index is -4.64.